The van der Waals surface area contributed by atoms with Crippen LogP contribution in [0, 0.1) is 12.3 Å². The molecule has 1 rings (SSSR count). The van der Waals surface area contributed by atoms with Gasteiger partial charge in [0.15, 0.2) is 0 Å². The van der Waals surface area contributed by atoms with Crippen molar-refractivity contribution < 1.29 is 9.47 Å². The highest BCUT2D eigenvalue weighted by atomic mass is 79.9. The van der Waals surface area contributed by atoms with E-state index in [4.69, 9.17) is 15.9 Å². The van der Waals surface area contributed by atoms with Gasteiger partial charge in [-0.2, -0.15) is 0 Å². The minimum absolute atomic E-state index is 0.0968. The van der Waals surface area contributed by atoms with Crippen LogP contribution >= 0.6 is 15.9 Å². The van der Waals surface area contributed by atoms with Gasteiger partial charge in [-0.1, -0.05) is 21.9 Å². The highest BCUT2D eigenvalue weighted by Crippen LogP contribution is 2.23. The van der Waals surface area contributed by atoms with Gasteiger partial charge in [-0.25, -0.2) is 0 Å². The third-order valence-electron chi connectivity index (χ3n) is 2.60. The first kappa shape index (κ1) is 16.0. The fourth-order valence-electron chi connectivity index (χ4n) is 1.69. The third-order valence-corrected chi connectivity index (χ3v) is 3.09. The van der Waals surface area contributed by atoms with Crippen LogP contribution in [0.3, 0.4) is 0 Å². The van der Waals surface area contributed by atoms with E-state index in [1.165, 1.54) is 0 Å². The Labute approximate surface area is 123 Å². The van der Waals surface area contributed by atoms with Crippen molar-refractivity contribution in [3.8, 4) is 18.1 Å². The van der Waals surface area contributed by atoms with E-state index in [9.17, 15) is 0 Å². The third kappa shape index (κ3) is 5.65. The maximum absolute atomic E-state index is 5.54. The van der Waals surface area contributed by atoms with E-state index in [2.05, 4.69) is 41.0 Å². The molecule has 4 heteroatoms. The Kier molecular flexibility index (Phi) is 6.36. The zero-order valence-electron chi connectivity index (χ0n) is 11.6. The molecule has 0 fully saturated rings. The number of rotatable bonds is 7. The topological polar surface area (TPSA) is 30.5 Å². The molecule has 0 aliphatic heterocycles. The smallest absolute Gasteiger partial charge is 0.148 e. The number of ether oxygens (including phenoxy) is 2. The van der Waals surface area contributed by atoms with Crippen molar-refractivity contribution in [1.82, 2.24) is 5.32 Å². The molecular formula is C15H20BrNO2. The van der Waals surface area contributed by atoms with Gasteiger partial charge in [0.1, 0.15) is 12.4 Å². The van der Waals surface area contributed by atoms with Crippen LogP contribution in [-0.2, 0) is 11.3 Å². The molecule has 0 spiro atoms. The fourth-order valence-corrected chi connectivity index (χ4v) is 2.10. The lowest BCUT2D eigenvalue weighted by Crippen LogP contribution is -2.42. The van der Waals surface area contributed by atoms with Gasteiger partial charge in [0, 0.05) is 29.2 Å². The van der Waals surface area contributed by atoms with Crippen molar-refractivity contribution in [2.45, 2.75) is 25.9 Å². The second-order valence-corrected chi connectivity index (χ2v) is 5.83. The predicted molar refractivity (Wildman–Crippen MR) is 81.3 cm³/mol. The molecule has 0 aliphatic carbocycles. The molecule has 0 aromatic heterocycles. The maximum atomic E-state index is 5.54. The largest absolute Gasteiger partial charge is 0.481 e. The number of benzene rings is 1. The average molecular weight is 326 g/mol. The quantitative estimate of drug-likeness (QED) is 0.782. The first-order valence-electron chi connectivity index (χ1n) is 6.07. The molecule has 1 aromatic carbocycles. The van der Waals surface area contributed by atoms with Crippen molar-refractivity contribution >= 4 is 15.9 Å². The number of terminal acetylenes is 1. The summed E-state index contributed by atoms with van der Waals surface area (Å²) < 4.78 is 11.7. The molecule has 3 nitrogen and oxygen atoms in total. The minimum Gasteiger partial charge on any atom is -0.481 e. The van der Waals surface area contributed by atoms with Gasteiger partial charge in [-0.05, 0) is 32.0 Å². The summed E-state index contributed by atoms with van der Waals surface area (Å²) in [5.41, 5.74) is 0.967. The van der Waals surface area contributed by atoms with Crippen LogP contribution in [0.4, 0.5) is 0 Å². The SMILES string of the molecule is C#CCOc1ccc(Br)cc1CNC(C)(C)COC. The van der Waals surface area contributed by atoms with E-state index in [-0.39, 0.29) is 12.1 Å². The summed E-state index contributed by atoms with van der Waals surface area (Å²) in [4.78, 5) is 0. The van der Waals surface area contributed by atoms with Crippen molar-refractivity contribution in [2.24, 2.45) is 0 Å². The molecule has 0 unspecified atom stereocenters. The summed E-state index contributed by atoms with van der Waals surface area (Å²) in [5, 5.41) is 3.44. The molecule has 0 saturated heterocycles. The highest BCUT2D eigenvalue weighted by Gasteiger charge is 2.17. The lowest BCUT2D eigenvalue weighted by molar-refractivity contribution is 0.127. The Morgan fingerprint density at radius 3 is 2.79 bits per heavy atom. The van der Waals surface area contributed by atoms with Gasteiger partial charge in [0.05, 0.1) is 6.61 Å². The molecule has 19 heavy (non-hydrogen) atoms. The van der Waals surface area contributed by atoms with Crippen LogP contribution in [0.15, 0.2) is 22.7 Å². The Morgan fingerprint density at radius 2 is 2.16 bits per heavy atom. The number of halogens is 1. The molecule has 0 heterocycles. The zero-order chi connectivity index (χ0) is 14.3. The average Bonchev–Trinajstić information content (AvgIpc) is 2.35. The van der Waals surface area contributed by atoms with Crippen LogP contribution in [0.1, 0.15) is 19.4 Å². The Bertz CT molecular complexity index is 452. The van der Waals surface area contributed by atoms with Crippen LogP contribution in [0.25, 0.3) is 0 Å². The Balaban J connectivity index is 2.75. The van der Waals surface area contributed by atoms with Gasteiger partial charge in [0.25, 0.3) is 0 Å². The molecule has 0 amide bonds. The van der Waals surface area contributed by atoms with E-state index in [0.717, 1.165) is 15.8 Å². The normalized spacial score (nSPS) is 11.1. The van der Waals surface area contributed by atoms with Crippen molar-refractivity contribution in [3.05, 3.63) is 28.2 Å². The lowest BCUT2D eigenvalue weighted by Gasteiger charge is -2.26. The predicted octanol–water partition coefficient (Wildman–Crippen LogP) is 2.98. The first-order chi connectivity index (χ1) is 8.98. The summed E-state index contributed by atoms with van der Waals surface area (Å²) in [5.74, 6) is 3.28. The van der Waals surface area contributed by atoms with Crippen LogP contribution in [0.2, 0.25) is 0 Å². The Morgan fingerprint density at radius 1 is 1.42 bits per heavy atom. The van der Waals surface area contributed by atoms with Crippen molar-refractivity contribution in [1.29, 1.82) is 0 Å². The van der Waals surface area contributed by atoms with Gasteiger partial charge < -0.3 is 14.8 Å². The molecule has 0 bridgehead atoms. The Hall–Kier alpha value is -1.02. The molecule has 104 valence electrons. The zero-order valence-corrected chi connectivity index (χ0v) is 13.2. The molecule has 0 radical (unpaired) electrons. The molecule has 0 atom stereocenters. The molecule has 1 N–H and O–H groups in total. The van der Waals surface area contributed by atoms with E-state index < -0.39 is 0 Å². The van der Waals surface area contributed by atoms with E-state index >= 15 is 0 Å². The van der Waals surface area contributed by atoms with Crippen LogP contribution in [-0.4, -0.2) is 25.9 Å². The molecule has 1 aromatic rings. The van der Waals surface area contributed by atoms with E-state index in [1.54, 1.807) is 7.11 Å². The fraction of sp³-hybridized carbons (Fsp3) is 0.467. The number of methoxy groups -OCH3 is 1. The van der Waals surface area contributed by atoms with Crippen LogP contribution in [0.5, 0.6) is 5.75 Å². The molecule has 0 saturated carbocycles. The van der Waals surface area contributed by atoms with E-state index in [0.29, 0.717) is 13.2 Å². The van der Waals surface area contributed by atoms with Crippen molar-refractivity contribution in [3.63, 3.8) is 0 Å². The summed E-state index contributed by atoms with van der Waals surface area (Å²) >= 11 is 3.47. The summed E-state index contributed by atoms with van der Waals surface area (Å²) in [7, 11) is 1.70. The van der Waals surface area contributed by atoms with Gasteiger partial charge in [0.2, 0.25) is 0 Å². The van der Waals surface area contributed by atoms with Gasteiger partial charge >= 0.3 is 0 Å². The van der Waals surface area contributed by atoms with Crippen LogP contribution < -0.4 is 10.1 Å². The summed E-state index contributed by atoms with van der Waals surface area (Å²) in [6.45, 7) is 5.79. The minimum atomic E-state index is -0.0968. The molecule has 0 aliphatic rings. The monoisotopic (exact) mass is 325 g/mol. The lowest BCUT2D eigenvalue weighted by atomic mass is 10.1. The maximum Gasteiger partial charge on any atom is 0.148 e. The van der Waals surface area contributed by atoms with Gasteiger partial charge in [-0.3, -0.25) is 0 Å². The second-order valence-electron chi connectivity index (χ2n) is 4.92. The number of nitrogens with one attached hydrogen (secondary N) is 1. The van der Waals surface area contributed by atoms with Gasteiger partial charge in [-0.15, -0.1) is 6.42 Å². The number of hydrogen-bond donors (Lipinski definition) is 1. The second kappa shape index (κ2) is 7.54. The number of hydrogen-bond acceptors (Lipinski definition) is 3. The highest BCUT2D eigenvalue weighted by molar-refractivity contribution is 9.10. The van der Waals surface area contributed by atoms with Crippen molar-refractivity contribution in [2.75, 3.05) is 20.3 Å². The first-order valence-corrected chi connectivity index (χ1v) is 6.86. The molecular weight excluding hydrogens is 306 g/mol. The standard InChI is InChI=1S/C15H20BrNO2/c1-5-8-19-14-7-6-13(16)9-12(14)10-17-15(2,3)11-18-4/h1,6-7,9,17H,8,10-11H2,2-4H3. The summed E-state index contributed by atoms with van der Waals surface area (Å²) in [6, 6.07) is 5.89. The van der Waals surface area contributed by atoms with E-state index in [1.807, 2.05) is 18.2 Å². The summed E-state index contributed by atoms with van der Waals surface area (Å²) in [6.07, 6.45) is 5.22.